The number of ether oxygens (including phenoxy) is 2. The molecule has 0 spiro atoms. The number of carbonyl (C=O) groups is 1. The van der Waals surface area contributed by atoms with Gasteiger partial charge in [0.15, 0.2) is 0 Å². The van der Waals surface area contributed by atoms with E-state index in [1.807, 2.05) is 43.3 Å². The Morgan fingerprint density at radius 2 is 1.81 bits per heavy atom. The number of halogens is 1. The third kappa shape index (κ3) is 6.15. The minimum Gasteiger partial charge on any atom is -0.492 e. The van der Waals surface area contributed by atoms with Crippen LogP contribution >= 0.6 is 11.6 Å². The van der Waals surface area contributed by atoms with Crippen molar-refractivity contribution >= 4 is 40.6 Å². The molecule has 8 nitrogen and oxygen atoms in total. The van der Waals surface area contributed by atoms with Crippen molar-refractivity contribution in [3.8, 4) is 22.6 Å². The molecule has 3 aromatic carbocycles. The van der Waals surface area contributed by atoms with Crippen molar-refractivity contribution in [3.05, 3.63) is 65.2 Å². The maximum absolute atomic E-state index is 11.4. The third-order valence-electron chi connectivity index (χ3n) is 6.34. The maximum Gasteiger partial charge on any atom is 0.308 e. The summed E-state index contributed by atoms with van der Waals surface area (Å²) in [6.45, 7) is 7.38. The number of fused-ring (bicyclic) bond motifs is 1. The highest BCUT2D eigenvalue weighted by atomic mass is 35.5. The van der Waals surface area contributed by atoms with Gasteiger partial charge < -0.3 is 14.8 Å². The SMILES string of the molecule is CC(=O)Oc1ccc(Cl)c(-c2cc(C)c3c(c2)NNC(Nc2ccc(OCCN4CCCC4)cc2)=N3)c1. The molecule has 1 saturated heterocycles. The van der Waals surface area contributed by atoms with E-state index in [-0.39, 0.29) is 5.97 Å². The zero-order chi connectivity index (χ0) is 25.8. The lowest BCUT2D eigenvalue weighted by Gasteiger charge is -2.23. The van der Waals surface area contributed by atoms with Gasteiger partial charge >= 0.3 is 5.97 Å². The largest absolute Gasteiger partial charge is 0.492 e. The number of hydrazine groups is 1. The third-order valence-corrected chi connectivity index (χ3v) is 6.67. The average Bonchev–Trinajstić information content (AvgIpc) is 3.40. The number of nitrogens with one attached hydrogen (secondary N) is 3. The van der Waals surface area contributed by atoms with Gasteiger partial charge in [0.05, 0.1) is 11.4 Å². The van der Waals surface area contributed by atoms with Gasteiger partial charge in [-0.15, -0.1) is 0 Å². The maximum atomic E-state index is 11.4. The van der Waals surface area contributed by atoms with Crippen LogP contribution < -0.4 is 25.6 Å². The normalized spacial score (nSPS) is 14.7. The lowest BCUT2D eigenvalue weighted by molar-refractivity contribution is -0.131. The van der Waals surface area contributed by atoms with Crippen molar-refractivity contribution in [2.45, 2.75) is 26.7 Å². The molecule has 192 valence electrons. The van der Waals surface area contributed by atoms with E-state index in [1.54, 1.807) is 18.2 Å². The van der Waals surface area contributed by atoms with Crippen molar-refractivity contribution in [2.75, 3.05) is 37.0 Å². The molecule has 0 aromatic heterocycles. The Kier molecular flexibility index (Phi) is 7.48. The van der Waals surface area contributed by atoms with E-state index in [0.29, 0.717) is 23.3 Å². The molecule has 0 bridgehead atoms. The first-order valence-electron chi connectivity index (χ1n) is 12.4. The second-order valence-corrected chi connectivity index (χ2v) is 9.59. The van der Waals surface area contributed by atoms with Gasteiger partial charge in [0, 0.05) is 29.7 Å². The fraction of sp³-hybridized carbons (Fsp3) is 0.286. The Bertz CT molecular complexity index is 1320. The lowest BCUT2D eigenvalue weighted by atomic mass is 10.0. The molecule has 0 unspecified atom stereocenters. The predicted molar refractivity (Wildman–Crippen MR) is 148 cm³/mol. The highest BCUT2D eigenvalue weighted by molar-refractivity contribution is 6.33. The van der Waals surface area contributed by atoms with Crippen LogP contribution in [-0.4, -0.2) is 43.1 Å². The van der Waals surface area contributed by atoms with Crippen molar-refractivity contribution in [1.82, 2.24) is 10.3 Å². The van der Waals surface area contributed by atoms with Gasteiger partial charge in [-0.05, 0) is 98.6 Å². The second-order valence-electron chi connectivity index (χ2n) is 9.18. The van der Waals surface area contributed by atoms with Crippen LogP contribution in [0.25, 0.3) is 11.1 Å². The number of anilines is 2. The van der Waals surface area contributed by atoms with Crippen molar-refractivity contribution in [1.29, 1.82) is 0 Å². The number of rotatable bonds is 7. The number of hydrogen-bond acceptors (Lipinski definition) is 8. The molecule has 0 atom stereocenters. The first-order chi connectivity index (χ1) is 17.9. The van der Waals surface area contributed by atoms with Gasteiger partial charge in [-0.2, -0.15) is 0 Å². The Hall–Kier alpha value is -3.75. The van der Waals surface area contributed by atoms with Crippen LogP contribution in [0.2, 0.25) is 5.02 Å². The number of hydrogen-bond donors (Lipinski definition) is 3. The zero-order valence-corrected chi connectivity index (χ0v) is 21.7. The summed E-state index contributed by atoms with van der Waals surface area (Å²) in [6, 6.07) is 17.0. The molecule has 9 heteroatoms. The van der Waals surface area contributed by atoms with Gasteiger partial charge in [-0.25, -0.2) is 4.99 Å². The van der Waals surface area contributed by atoms with E-state index >= 15 is 0 Å². The van der Waals surface area contributed by atoms with Crippen molar-refractivity contribution in [2.24, 2.45) is 4.99 Å². The van der Waals surface area contributed by atoms with Crippen LogP contribution in [0, 0.1) is 6.92 Å². The summed E-state index contributed by atoms with van der Waals surface area (Å²) in [7, 11) is 0. The standard InChI is InChI=1S/C28H30ClN5O3/c1-18-15-20(24-17-23(37-19(2)35)9-10-25(24)29)16-26-27(18)31-28(33-32-26)30-21-5-7-22(8-6-21)36-14-13-34-11-3-4-12-34/h5-10,15-17,32H,3-4,11-14H2,1-2H3,(H2,30,31,33). The van der Waals surface area contributed by atoms with Crippen LogP contribution in [-0.2, 0) is 4.79 Å². The average molecular weight is 520 g/mol. The summed E-state index contributed by atoms with van der Waals surface area (Å²) in [6.07, 6.45) is 2.58. The fourth-order valence-electron chi connectivity index (χ4n) is 4.53. The molecule has 37 heavy (non-hydrogen) atoms. The van der Waals surface area contributed by atoms with Gasteiger partial charge in [0.2, 0.25) is 5.96 Å². The smallest absolute Gasteiger partial charge is 0.308 e. The van der Waals surface area contributed by atoms with Crippen LogP contribution in [0.3, 0.4) is 0 Å². The van der Waals surface area contributed by atoms with E-state index in [1.165, 1.54) is 32.9 Å². The van der Waals surface area contributed by atoms with Crippen LogP contribution in [0.5, 0.6) is 11.5 Å². The van der Waals surface area contributed by atoms with Crippen LogP contribution in [0.4, 0.5) is 17.1 Å². The molecule has 5 rings (SSSR count). The number of esters is 1. The second kappa shape index (κ2) is 11.1. The summed E-state index contributed by atoms with van der Waals surface area (Å²) in [5.74, 6) is 1.50. The molecule has 2 aliphatic rings. The summed E-state index contributed by atoms with van der Waals surface area (Å²) in [5.41, 5.74) is 11.5. The quantitative estimate of drug-likeness (QED) is 0.271. The molecule has 0 aliphatic carbocycles. The zero-order valence-electron chi connectivity index (χ0n) is 20.9. The van der Waals surface area contributed by atoms with E-state index in [4.69, 9.17) is 26.1 Å². The van der Waals surface area contributed by atoms with E-state index < -0.39 is 0 Å². The van der Waals surface area contributed by atoms with Crippen molar-refractivity contribution < 1.29 is 14.3 Å². The molecule has 2 heterocycles. The molecule has 3 aromatic rings. The number of carbonyl (C=O) groups excluding carboxylic acids is 1. The summed E-state index contributed by atoms with van der Waals surface area (Å²) in [5, 5.41) is 3.86. The molecule has 0 saturated carbocycles. The minimum atomic E-state index is -0.380. The molecule has 0 amide bonds. The van der Waals surface area contributed by atoms with E-state index in [9.17, 15) is 4.79 Å². The minimum absolute atomic E-state index is 0.380. The fourth-order valence-corrected chi connectivity index (χ4v) is 4.76. The van der Waals surface area contributed by atoms with E-state index in [2.05, 4.69) is 21.1 Å². The van der Waals surface area contributed by atoms with Crippen LogP contribution in [0.1, 0.15) is 25.3 Å². The first kappa shape index (κ1) is 24.9. The van der Waals surface area contributed by atoms with Gasteiger partial charge in [0.1, 0.15) is 18.1 Å². The molecule has 3 N–H and O–H groups in total. The van der Waals surface area contributed by atoms with Gasteiger partial charge in [-0.1, -0.05) is 11.6 Å². The Labute approximate surface area is 221 Å². The number of benzene rings is 3. The highest BCUT2D eigenvalue weighted by Gasteiger charge is 2.17. The Morgan fingerprint density at radius 3 is 2.57 bits per heavy atom. The molecular weight excluding hydrogens is 490 g/mol. The van der Waals surface area contributed by atoms with Crippen molar-refractivity contribution in [3.63, 3.8) is 0 Å². The lowest BCUT2D eigenvalue weighted by Crippen LogP contribution is -2.37. The summed E-state index contributed by atoms with van der Waals surface area (Å²) < 4.78 is 11.1. The van der Waals surface area contributed by atoms with E-state index in [0.717, 1.165) is 46.0 Å². The summed E-state index contributed by atoms with van der Waals surface area (Å²) >= 11 is 6.46. The van der Waals surface area contributed by atoms with Gasteiger partial charge in [0.25, 0.3) is 0 Å². The number of guanidine groups is 1. The monoisotopic (exact) mass is 519 g/mol. The molecular formula is C28H30ClN5O3. The Balaban J connectivity index is 1.26. The summed E-state index contributed by atoms with van der Waals surface area (Å²) in [4.78, 5) is 18.6. The van der Waals surface area contributed by atoms with Crippen LogP contribution in [0.15, 0.2) is 59.6 Å². The predicted octanol–water partition coefficient (Wildman–Crippen LogP) is 5.75. The Morgan fingerprint density at radius 1 is 1.05 bits per heavy atom. The van der Waals surface area contributed by atoms with Gasteiger partial charge in [-0.3, -0.25) is 20.5 Å². The number of aliphatic imine (C=N–C) groups is 1. The molecule has 1 fully saturated rings. The number of likely N-dealkylation sites (tertiary alicyclic amines) is 1. The number of nitrogens with zero attached hydrogens (tertiary/aromatic N) is 2. The number of aryl methyl sites for hydroxylation is 1. The molecule has 2 aliphatic heterocycles. The first-order valence-corrected chi connectivity index (χ1v) is 12.8. The molecule has 0 radical (unpaired) electrons. The topological polar surface area (TPSA) is 87.2 Å². The highest BCUT2D eigenvalue weighted by Crippen LogP contribution is 2.39.